The first-order valence-electron chi connectivity index (χ1n) is 6.27. The standard InChI is InChI=1S/C15H17F2NS/c1-4-18-15(14-5-9(2)10(3)19-14)11-6-12(16)8-13(17)7-11/h5-8,15,18H,4H2,1-3H3. The highest BCUT2D eigenvalue weighted by Crippen LogP contribution is 2.31. The van der Waals surface area contributed by atoms with Gasteiger partial charge in [-0.2, -0.15) is 0 Å². The highest BCUT2D eigenvalue weighted by atomic mass is 32.1. The van der Waals surface area contributed by atoms with Crippen LogP contribution < -0.4 is 5.32 Å². The van der Waals surface area contributed by atoms with Gasteiger partial charge in [-0.1, -0.05) is 6.92 Å². The van der Waals surface area contributed by atoms with Crippen LogP contribution in [0.25, 0.3) is 0 Å². The van der Waals surface area contributed by atoms with Crippen LogP contribution in [0.2, 0.25) is 0 Å². The van der Waals surface area contributed by atoms with Crippen LogP contribution in [0.15, 0.2) is 24.3 Å². The van der Waals surface area contributed by atoms with E-state index < -0.39 is 11.6 Å². The van der Waals surface area contributed by atoms with E-state index >= 15 is 0 Å². The molecular weight excluding hydrogens is 264 g/mol. The summed E-state index contributed by atoms with van der Waals surface area (Å²) in [5.41, 5.74) is 1.83. The van der Waals surface area contributed by atoms with Crippen molar-refractivity contribution < 1.29 is 8.78 Å². The largest absolute Gasteiger partial charge is 0.306 e. The van der Waals surface area contributed by atoms with Crippen molar-refractivity contribution in [1.29, 1.82) is 0 Å². The maximum absolute atomic E-state index is 13.4. The summed E-state index contributed by atoms with van der Waals surface area (Å²) in [4.78, 5) is 2.32. The second-order valence-corrected chi connectivity index (χ2v) is 5.87. The molecule has 0 fully saturated rings. The Labute approximate surface area is 116 Å². The smallest absolute Gasteiger partial charge is 0.126 e. The summed E-state index contributed by atoms with van der Waals surface area (Å²) >= 11 is 1.66. The molecule has 2 aromatic rings. The van der Waals surface area contributed by atoms with Crippen LogP contribution in [0.5, 0.6) is 0 Å². The Bertz CT molecular complexity index is 538. The first kappa shape index (κ1) is 14.2. The van der Waals surface area contributed by atoms with E-state index in [1.54, 1.807) is 11.3 Å². The molecule has 0 saturated carbocycles. The SMILES string of the molecule is CCNC(c1cc(F)cc(F)c1)c1cc(C)c(C)s1. The average molecular weight is 281 g/mol. The molecule has 1 unspecified atom stereocenters. The van der Waals surface area contributed by atoms with E-state index in [4.69, 9.17) is 0 Å². The third-order valence-electron chi connectivity index (χ3n) is 3.10. The summed E-state index contributed by atoms with van der Waals surface area (Å²) in [5.74, 6) is -1.08. The second kappa shape index (κ2) is 5.80. The lowest BCUT2D eigenvalue weighted by atomic mass is 10.0. The summed E-state index contributed by atoms with van der Waals surface area (Å²) in [6.07, 6.45) is 0. The Balaban J connectivity index is 2.44. The van der Waals surface area contributed by atoms with Crippen LogP contribution in [0.1, 0.15) is 33.8 Å². The van der Waals surface area contributed by atoms with Gasteiger partial charge in [0.05, 0.1) is 6.04 Å². The first-order chi connectivity index (χ1) is 9.01. The minimum atomic E-state index is -0.539. The van der Waals surface area contributed by atoms with Gasteiger partial charge in [0.1, 0.15) is 11.6 Å². The molecule has 1 aromatic carbocycles. The molecule has 1 heterocycles. The molecule has 4 heteroatoms. The van der Waals surface area contributed by atoms with Gasteiger partial charge in [0, 0.05) is 15.8 Å². The molecule has 0 aliphatic heterocycles. The Morgan fingerprint density at radius 2 is 1.74 bits per heavy atom. The molecule has 0 saturated heterocycles. The third-order valence-corrected chi connectivity index (χ3v) is 4.31. The Hall–Kier alpha value is -1.26. The van der Waals surface area contributed by atoms with Gasteiger partial charge < -0.3 is 5.32 Å². The van der Waals surface area contributed by atoms with Gasteiger partial charge in [0.15, 0.2) is 0 Å². The first-order valence-corrected chi connectivity index (χ1v) is 7.09. The topological polar surface area (TPSA) is 12.0 Å². The second-order valence-electron chi connectivity index (χ2n) is 4.58. The van der Waals surface area contributed by atoms with Crippen LogP contribution in [-0.4, -0.2) is 6.54 Å². The van der Waals surface area contributed by atoms with Crippen LogP contribution in [0, 0.1) is 25.5 Å². The molecule has 102 valence electrons. The fourth-order valence-electron chi connectivity index (χ4n) is 2.07. The lowest BCUT2D eigenvalue weighted by Gasteiger charge is -2.17. The third kappa shape index (κ3) is 3.19. The fraction of sp³-hybridized carbons (Fsp3) is 0.333. The van der Waals surface area contributed by atoms with Crippen molar-refractivity contribution in [3.8, 4) is 0 Å². The Kier molecular flexibility index (Phi) is 4.32. The Morgan fingerprint density at radius 1 is 1.11 bits per heavy atom. The number of aryl methyl sites for hydroxylation is 2. The number of rotatable bonds is 4. The fourth-order valence-corrected chi connectivity index (χ4v) is 3.22. The van der Waals surface area contributed by atoms with Crippen molar-refractivity contribution in [2.75, 3.05) is 6.54 Å². The quantitative estimate of drug-likeness (QED) is 0.879. The molecule has 1 N–H and O–H groups in total. The molecule has 0 bridgehead atoms. The van der Waals surface area contributed by atoms with Crippen molar-refractivity contribution in [3.63, 3.8) is 0 Å². The van der Waals surface area contributed by atoms with Gasteiger partial charge in [-0.3, -0.25) is 0 Å². The van der Waals surface area contributed by atoms with E-state index in [1.807, 2.05) is 13.8 Å². The molecule has 0 spiro atoms. The number of thiophene rings is 1. The lowest BCUT2D eigenvalue weighted by molar-refractivity contribution is 0.567. The summed E-state index contributed by atoms with van der Waals surface area (Å²) in [6, 6.07) is 5.60. The predicted octanol–water partition coefficient (Wildman–Crippen LogP) is 4.34. The van der Waals surface area contributed by atoms with Gasteiger partial charge in [-0.05, 0) is 49.7 Å². The zero-order valence-electron chi connectivity index (χ0n) is 11.3. The maximum Gasteiger partial charge on any atom is 0.126 e. The summed E-state index contributed by atoms with van der Waals surface area (Å²) in [7, 11) is 0. The normalized spacial score (nSPS) is 12.7. The number of hydrogen-bond donors (Lipinski definition) is 1. The highest BCUT2D eigenvalue weighted by Gasteiger charge is 2.17. The average Bonchev–Trinajstić information content (AvgIpc) is 2.65. The number of nitrogens with one attached hydrogen (secondary N) is 1. The van der Waals surface area contributed by atoms with Crippen molar-refractivity contribution in [1.82, 2.24) is 5.32 Å². The zero-order chi connectivity index (χ0) is 14.0. The zero-order valence-corrected chi connectivity index (χ0v) is 12.1. The van der Waals surface area contributed by atoms with Crippen molar-refractivity contribution in [2.24, 2.45) is 0 Å². The van der Waals surface area contributed by atoms with E-state index in [0.29, 0.717) is 5.56 Å². The summed E-state index contributed by atoms with van der Waals surface area (Å²) < 4.78 is 26.7. The molecule has 2 rings (SSSR count). The minimum Gasteiger partial charge on any atom is -0.306 e. The maximum atomic E-state index is 13.4. The van der Waals surface area contributed by atoms with Gasteiger partial charge in [-0.15, -0.1) is 11.3 Å². The molecule has 1 atom stereocenters. The molecule has 1 nitrogen and oxygen atoms in total. The van der Waals surface area contributed by atoms with E-state index in [9.17, 15) is 8.78 Å². The van der Waals surface area contributed by atoms with Crippen LogP contribution in [-0.2, 0) is 0 Å². The number of benzene rings is 1. The van der Waals surface area contributed by atoms with Gasteiger partial charge in [-0.25, -0.2) is 8.78 Å². The van der Waals surface area contributed by atoms with Crippen molar-refractivity contribution in [2.45, 2.75) is 26.8 Å². The van der Waals surface area contributed by atoms with Gasteiger partial charge in [0.2, 0.25) is 0 Å². The number of halogens is 2. The van der Waals surface area contributed by atoms with Crippen molar-refractivity contribution in [3.05, 3.63) is 56.8 Å². The van der Waals surface area contributed by atoms with E-state index in [2.05, 4.69) is 18.3 Å². The molecule has 0 radical (unpaired) electrons. The van der Waals surface area contributed by atoms with Gasteiger partial charge in [0.25, 0.3) is 0 Å². The van der Waals surface area contributed by atoms with E-state index in [0.717, 1.165) is 17.5 Å². The molecule has 1 aromatic heterocycles. The van der Waals surface area contributed by atoms with Crippen LogP contribution in [0.4, 0.5) is 8.78 Å². The molecule has 0 aliphatic carbocycles. The van der Waals surface area contributed by atoms with Crippen LogP contribution >= 0.6 is 11.3 Å². The van der Waals surface area contributed by atoms with Crippen LogP contribution in [0.3, 0.4) is 0 Å². The molecule has 0 aliphatic rings. The minimum absolute atomic E-state index is 0.160. The monoisotopic (exact) mass is 281 g/mol. The lowest BCUT2D eigenvalue weighted by Crippen LogP contribution is -2.21. The van der Waals surface area contributed by atoms with Gasteiger partial charge >= 0.3 is 0 Å². The predicted molar refractivity (Wildman–Crippen MR) is 75.7 cm³/mol. The van der Waals surface area contributed by atoms with E-state index in [-0.39, 0.29) is 6.04 Å². The van der Waals surface area contributed by atoms with E-state index in [1.165, 1.54) is 22.6 Å². The number of hydrogen-bond acceptors (Lipinski definition) is 2. The Morgan fingerprint density at radius 3 is 2.21 bits per heavy atom. The highest BCUT2D eigenvalue weighted by molar-refractivity contribution is 7.12. The molecule has 0 amide bonds. The van der Waals surface area contributed by atoms with Crippen molar-refractivity contribution >= 4 is 11.3 Å². The molecular formula is C15H17F2NS. The summed E-state index contributed by atoms with van der Waals surface area (Å²) in [6.45, 7) is 6.82. The molecule has 19 heavy (non-hydrogen) atoms. The summed E-state index contributed by atoms with van der Waals surface area (Å²) in [5, 5.41) is 3.29.